The summed E-state index contributed by atoms with van der Waals surface area (Å²) < 4.78 is 1.79. The normalized spacial score (nSPS) is 10.6. The van der Waals surface area contributed by atoms with Crippen molar-refractivity contribution in [2.75, 3.05) is 11.9 Å². The third kappa shape index (κ3) is 2.80. The third-order valence-electron chi connectivity index (χ3n) is 2.82. The van der Waals surface area contributed by atoms with Gasteiger partial charge in [0.25, 0.3) is 0 Å². The zero-order chi connectivity index (χ0) is 13.0. The molecule has 1 aromatic heterocycles. The Kier molecular flexibility index (Phi) is 3.82. The van der Waals surface area contributed by atoms with Crippen LogP contribution in [0.4, 0.5) is 10.5 Å². The highest BCUT2D eigenvalue weighted by Gasteiger charge is 2.04. The molecule has 2 rings (SSSR count). The zero-order valence-electron chi connectivity index (χ0n) is 10.7. The van der Waals surface area contributed by atoms with Gasteiger partial charge in [0.1, 0.15) is 0 Å². The van der Waals surface area contributed by atoms with E-state index in [0.29, 0.717) is 6.54 Å². The first-order valence-electron chi connectivity index (χ1n) is 6.17. The van der Waals surface area contributed by atoms with Gasteiger partial charge in [0, 0.05) is 24.7 Å². The molecule has 0 radical (unpaired) electrons. The Hall–Kier alpha value is -2.04. The SMILES string of the molecule is CCCCNC(=O)Nc1ccc2cnn(C)c2c1. The van der Waals surface area contributed by atoms with E-state index in [1.165, 1.54) is 0 Å². The summed E-state index contributed by atoms with van der Waals surface area (Å²) in [4.78, 5) is 11.6. The largest absolute Gasteiger partial charge is 0.338 e. The Labute approximate surface area is 106 Å². The van der Waals surface area contributed by atoms with E-state index in [-0.39, 0.29) is 6.03 Å². The monoisotopic (exact) mass is 246 g/mol. The van der Waals surface area contributed by atoms with E-state index in [0.717, 1.165) is 29.4 Å². The Morgan fingerprint density at radius 3 is 3.06 bits per heavy atom. The van der Waals surface area contributed by atoms with Gasteiger partial charge in [-0.05, 0) is 24.6 Å². The number of rotatable bonds is 4. The summed E-state index contributed by atoms with van der Waals surface area (Å²) in [6.07, 6.45) is 3.87. The van der Waals surface area contributed by atoms with Crippen molar-refractivity contribution >= 4 is 22.6 Å². The number of nitrogens with one attached hydrogen (secondary N) is 2. The topological polar surface area (TPSA) is 59.0 Å². The summed E-state index contributed by atoms with van der Waals surface area (Å²) in [5.74, 6) is 0. The third-order valence-corrected chi connectivity index (χ3v) is 2.82. The van der Waals surface area contributed by atoms with E-state index in [1.807, 2.05) is 25.2 Å². The van der Waals surface area contributed by atoms with Gasteiger partial charge >= 0.3 is 6.03 Å². The minimum absolute atomic E-state index is 0.162. The molecule has 2 N–H and O–H groups in total. The maximum Gasteiger partial charge on any atom is 0.319 e. The van der Waals surface area contributed by atoms with Gasteiger partial charge in [0.2, 0.25) is 0 Å². The van der Waals surface area contributed by atoms with E-state index < -0.39 is 0 Å². The molecule has 0 bridgehead atoms. The first-order chi connectivity index (χ1) is 8.70. The molecule has 0 spiro atoms. The van der Waals surface area contributed by atoms with Crippen LogP contribution >= 0.6 is 0 Å². The summed E-state index contributed by atoms with van der Waals surface area (Å²) in [6.45, 7) is 2.80. The van der Waals surface area contributed by atoms with Crippen molar-refractivity contribution in [2.24, 2.45) is 7.05 Å². The van der Waals surface area contributed by atoms with Crippen molar-refractivity contribution in [3.05, 3.63) is 24.4 Å². The molecule has 0 unspecified atom stereocenters. The molecule has 1 heterocycles. The van der Waals surface area contributed by atoms with E-state index in [1.54, 1.807) is 10.9 Å². The number of benzene rings is 1. The van der Waals surface area contributed by atoms with Crippen LogP contribution in [0, 0.1) is 0 Å². The lowest BCUT2D eigenvalue weighted by Gasteiger charge is -2.07. The summed E-state index contributed by atoms with van der Waals surface area (Å²) >= 11 is 0. The van der Waals surface area contributed by atoms with E-state index in [4.69, 9.17) is 0 Å². The number of urea groups is 1. The van der Waals surface area contributed by atoms with Crippen LogP contribution in [-0.4, -0.2) is 22.4 Å². The standard InChI is InChI=1S/C13H18N4O/c1-3-4-7-14-13(18)16-11-6-5-10-9-15-17(2)12(10)8-11/h5-6,8-9H,3-4,7H2,1-2H3,(H2,14,16,18). The number of aryl methyl sites for hydroxylation is 1. The van der Waals surface area contributed by atoms with Crippen molar-refractivity contribution < 1.29 is 4.79 Å². The lowest BCUT2D eigenvalue weighted by atomic mass is 10.2. The first-order valence-corrected chi connectivity index (χ1v) is 6.17. The number of carbonyl (C=O) groups excluding carboxylic acids is 1. The number of carbonyl (C=O) groups is 1. The Morgan fingerprint density at radius 2 is 2.28 bits per heavy atom. The molecule has 0 aliphatic carbocycles. The van der Waals surface area contributed by atoms with Crippen LogP contribution in [0.1, 0.15) is 19.8 Å². The molecule has 5 nitrogen and oxygen atoms in total. The van der Waals surface area contributed by atoms with Crippen LogP contribution in [-0.2, 0) is 7.05 Å². The maximum atomic E-state index is 11.6. The molecule has 5 heteroatoms. The summed E-state index contributed by atoms with van der Waals surface area (Å²) in [6, 6.07) is 5.58. The number of anilines is 1. The van der Waals surface area contributed by atoms with Crippen LogP contribution < -0.4 is 10.6 Å². The molecular weight excluding hydrogens is 228 g/mol. The lowest BCUT2D eigenvalue weighted by Crippen LogP contribution is -2.29. The highest BCUT2D eigenvalue weighted by atomic mass is 16.2. The van der Waals surface area contributed by atoms with Crippen LogP contribution in [0.25, 0.3) is 10.9 Å². The molecule has 1 aromatic carbocycles. The van der Waals surface area contributed by atoms with Crippen molar-refractivity contribution in [3.63, 3.8) is 0 Å². The van der Waals surface area contributed by atoms with Crippen molar-refractivity contribution in [3.8, 4) is 0 Å². The van der Waals surface area contributed by atoms with Gasteiger partial charge in [-0.2, -0.15) is 5.10 Å². The second-order valence-electron chi connectivity index (χ2n) is 4.28. The van der Waals surface area contributed by atoms with E-state index >= 15 is 0 Å². The first kappa shape index (κ1) is 12.4. The van der Waals surface area contributed by atoms with E-state index in [2.05, 4.69) is 22.7 Å². The maximum absolute atomic E-state index is 11.6. The molecule has 0 atom stereocenters. The average molecular weight is 246 g/mol. The van der Waals surface area contributed by atoms with Gasteiger partial charge in [-0.25, -0.2) is 4.79 Å². The highest BCUT2D eigenvalue weighted by Crippen LogP contribution is 2.17. The Bertz CT molecular complexity index is 547. The second-order valence-corrected chi connectivity index (χ2v) is 4.28. The van der Waals surface area contributed by atoms with Gasteiger partial charge in [0.15, 0.2) is 0 Å². The van der Waals surface area contributed by atoms with Gasteiger partial charge in [-0.3, -0.25) is 4.68 Å². The predicted molar refractivity (Wildman–Crippen MR) is 72.6 cm³/mol. The van der Waals surface area contributed by atoms with Crippen LogP contribution in [0.5, 0.6) is 0 Å². The quantitative estimate of drug-likeness (QED) is 0.814. The minimum Gasteiger partial charge on any atom is -0.338 e. The molecule has 96 valence electrons. The van der Waals surface area contributed by atoms with Gasteiger partial charge in [0.05, 0.1) is 11.7 Å². The molecule has 0 aliphatic rings. The molecule has 0 saturated carbocycles. The molecule has 0 saturated heterocycles. The number of hydrogen-bond acceptors (Lipinski definition) is 2. The fraction of sp³-hybridized carbons (Fsp3) is 0.385. The molecular formula is C13H18N4O. The van der Waals surface area contributed by atoms with Crippen LogP contribution in [0.15, 0.2) is 24.4 Å². The van der Waals surface area contributed by atoms with Gasteiger partial charge in [-0.15, -0.1) is 0 Å². The number of nitrogens with zero attached hydrogens (tertiary/aromatic N) is 2. The van der Waals surface area contributed by atoms with Crippen LogP contribution in [0.2, 0.25) is 0 Å². The number of hydrogen-bond donors (Lipinski definition) is 2. The van der Waals surface area contributed by atoms with Crippen molar-refractivity contribution in [2.45, 2.75) is 19.8 Å². The minimum atomic E-state index is -0.162. The smallest absolute Gasteiger partial charge is 0.319 e. The lowest BCUT2D eigenvalue weighted by molar-refractivity contribution is 0.252. The van der Waals surface area contributed by atoms with E-state index in [9.17, 15) is 4.79 Å². The molecule has 0 aliphatic heterocycles. The second kappa shape index (κ2) is 5.53. The number of aromatic nitrogens is 2. The fourth-order valence-corrected chi connectivity index (χ4v) is 1.78. The van der Waals surface area contributed by atoms with Crippen molar-refractivity contribution in [1.29, 1.82) is 0 Å². The van der Waals surface area contributed by atoms with Gasteiger partial charge < -0.3 is 10.6 Å². The Morgan fingerprint density at radius 1 is 1.44 bits per heavy atom. The molecule has 2 amide bonds. The average Bonchev–Trinajstić information content (AvgIpc) is 2.71. The van der Waals surface area contributed by atoms with Crippen LogP contribution in [0.3, 0.4) is 0 Å². The molecule has 0 fully saturated rings. The molecule has 18 heavy (non-hydrogen) atoms. The number of unbranched alkanes of at least 4 members (excludes halogenated alkanes) is 1. The molecule has 2 aromatic rings. The van der Waals surface area contributed by atoms with Crippen molar-refractivity contribution in [1.82, 2.24) is 15.1 Å². The summed E-state index contributed by atoms with van der Waals surface area (Å²) in [5.41, 5.74) is 1.78. The fourth-order valence-electron chi connectivity index (χ4n) is 1.78. The number of fused-ring (bicyclic) bond motifs is 1. The Balaban J connectivity index is 2.02. The highest BCUT2D eigenvalue weighted by molar-refractivity contribution is 5.92. The zero-order valence-corrected chi connectivity index (χ0v) is 10.7. The summed E-state index contributed by atoms with van der Waals surface area (Å²) in [7, 11) is 1.88. The summed E-state index contributed by atoms with van der Waals surface area (Å²) in [5, 5.41) is 10.9. The van der Waals surface area contributed by atoms with Gasteiger partial charge in [-0.1, -0.05) is 13.3 Å². The number of amides is 2. The predicted octanol–water partition coefficient (Wildman–Crippen LogP) is 2.49.